The molecule has 5 N–H and O–H groups in total. The molecule has 0 aliphatic heterocycles. The van der Waals surface area contributed by atoms with Crippen LogP contribution in [0.2, 0.25) is 0 Å². The summed E-state index contributed by atoms with van der Waals surface area (Å²) in [5.41, 5.74) is 11.3. The summed E-state index contributed by atoms with van der Waals surface area (Å²) in [6.45, 7) is 0. The first-order valence-electron chi connectivity index (χ1n) is 3.92. The minimum Gasteiger partial charge on any atom is -0.508 e. The molecule has 4 heteroatoms. The van der Waals surface area contributed by atoms with E-state index in [1.54, 1.807) is 18.2 Å². The van der Waals surface area contributed by atoms with E-state index < -0.39 is 11.9 Å². The zero-order valence-electron chi connectivity index (χ0n) is 7.10. The fourth-order valence-corrected chi connectivity index (χ4v) is 1.09. The van der Waals surface area contributed by atoms with Crippen LogP contribution in [0.4, 0.5) is 0 Å². The second kappa shape index (κ2) is 3.91. The summed E-state index contributed by atoms with van der Waals surface area (Å²) >= 11 is 0. The molecule has 0 aromatic heterocycles. The van der Waals surface area contributed by atoms with Crippen molar-refractivity contribution in [2.24, 2.45) is 11.5 Å². The smallest absolute Gasteiger partial charge is 0.219 e. The SMILES string of the molecule is NC(=O)CC(N)c1cccc(O)c1. The molecule has 1 rings (SSSR count). The standard InChI is InChI=1S/C9H12N2O2/c10-8(5-9(11)13)6-2-1-3-7(12)4-6/h1-4,8,12H,5,10H2,(H2,11,13). The number of rotatable bonds is 3. The van der Waals surface area contributed by atoms with Gasteiger partial charge in [0.2, 0.25) is 5.91 Å². The highest BCUT2D eigenvalue weighted by Crippen LogP contribution is 2.18. The van der Waals surface area contributed by atoms with E-state index in [2.05, 4.69) is 0 Å². The third-order valence-corrected chi connectivity index (χ3v) is 1.72. The number of primary amides is 1. The topological polar surface area (TPSA) is 89.3 Å². The molecule has 1 unspecified atom stereocenters. The molecule has 0 saturated heterocycles. The van der Waals surface area contributed by atoms with E-state index in [1.165, 1.54) is 6.07 Å². The molecule has 0 fully saturated rings. The van der Waals surface area contributed by atoms with Gasteiger partial charge in [0, 0.05) is 12.5 Å². The highest BCUT2D eigenvalue weighted by atomic mass is 16.3. The third kappa shape index (κ3) is 2.76. The average Bonchev–Trinajstić information content (AvgIpc) is 2.03. The number of hydrogen-bond acceptors (Lipinski definition) is 3. The van der Waals surface area contributed by atoms with Crippen LogP contribution in [0, 0.1) is 0 Å². The first-order valence-corrected chi connectivity index (χ1v) is 3.92. The Morgan fingerprint density at radius 2 is 2.23 bits per heavy atom. The lowest BCUT2D eigenvalue weighted by atomic mass is 10.0. The van der Waals surface area contributed by atoms with Crippen molar-refractivity contribution < 1.29 is 9.90 Å². The third-order valence-electron chi connectivity index (χ3n) is 1.72. The Labute approximate surface area is 76.2 Å². The zero-order valence-corrected chi connectivity index (χ0v) is 7.10. The van der Waals surface area contributed by atoms with Crippen molar-refractivity contribution >= 4 is 5.91 Å². The summed E-state index contributed by atoms with van der Waals surface area (Å²) in [4.78, 5) is 10.5. The van der Waals surface area contributed by atoms with E-state index in [9.17, 15) is 4.79 Å². The minimum absolute atomic E-state index is 0.0868. The van der Waals surface area contributed by atoms with Gasteiger partial charge in [-0.1, -0.05) is 12.1 Å². The number of phenolic OH excluding ortho intramolecular Hbond substituents is 1. The maximum absolute atomic E-state index is 10.5. The molecule has 0 aliphatic carbocycles. The first-order chi connectivity index (χ1) is 6.09. The number of benzene rings is 1. The lowest BCUT2D eigenvalue weighted by Crippen LogP contribution is -2.20. The maximum atomic E-state index is 10.5. The van der Waals surface area contributed by atoms with Crippen LogP contribution >= 0.6 is 0 Å². The van der Waals surface area contributed by atoms with Crippen LogP contribution in [-0.4, -0.2) is 11.0 Å². The normalized spacial score (nSPS) is 12.4. The van der Waals surface area contributed by atoms with E-state index in [-0.39, 0.29) is 12.2 Å². The number of carbonyl (C=O) groups excluding carboxylic acids is 1. The predicted octanol–water partition coefficient (Wildman–Crippen LogP) is 0.267. The number of amides is 1. The number of nitrogens with two attached hydrogens (primary N) is 2. The number of hydrogen-bond donors (Lipinski definition) is 3. The summed E-state index contributed by atoms with van der Waals surface area (Å²) in [5, 5.41) is 9.12. The number of carbonyl (C=O) groups is 1. The highest BCUT2D eigenvalue weighted by molar-refractivity contribution is 5.74. The minimum atomic E-state index is -0.448. The molecule has 0 saturated carbocycles. The summed E-state index contributed by atoms with van der Waals surface area (Å²) < 4.78 is 0. The second-order valence-corrected chi connectivity index (χ2v) is 2.87. The molecule has 1 atom stereocenters. The van der Waals surface area contributed by atoms with Crippen molar-refractivity contribution in [1.82, 2.24) is 0 Å². The first kappa shape index (κ1) is 9.54. The summed E-state index contributed by atoms with van der Waals surface area (Å²) in [6, 6.07) is 6.04. The van der Waals surface area contributed by atoms with Gasteiger partial charge in [0.1, 0.15) is 5.75 Å². The van der Waals surface area contributed by atoms with Crippen molar-refractivity contribution in [3.63, 3.8) is 0 Å². The van der Waals surface area contributed by atoms with Crippen molar-refractivity contribution in [1.29, 1.82) is 0 Å². The molecule has 1 amide bonds. The number of phenols is 1. The molecule has 0 aliphatic rings. The van der Waals surface area contributed by atoms with Crippen molar-refractivity contribution in [2.75, 3.05) is 0 Å². The van der Waals surface area contributed by atoms with E-state index in [0.717, 1.165) is 0 Å². The monoisotopic (exact) mass is 180 g/mol. The van der Waals surface area contributed by atoms with E-state index in [4.69, 9.17) is 16.6 Å². The Hall–Kier alpha value is -1.55. The molecular formula is C9H12N2O2. The summed E-state index contributed by atoms with van der Waals surface area (Å²) in [7, 11) is 0. The molecule has 70 valence electrons. The maximum Gasteiger partial charge on any atom is 0.219 e. The van der Waals surface area contributed by atoms with Gasteiger partial charge < -0.3 is 16.6 Å². The number of aromatic hydroxyl groups is 1. The molecule has 0 bridgehead atoms. The molecule has 4 nitrogen and oxygen atoms in total. The van der Waals surface area contributed by atoms with Gasteiger partial charge in [-0.2, -0.15) is 0 Å². The van der Waals surface area contributed by atoms with E-state index >= 15 is 0 Å². The fourth-order valence-electron chi connectivity index (χ4n) is 1.09. The van der Waals surface area contributed by atoms with Crippen molar-refractivity contribution in [3.8, 4) is 5.75 Å². The Morgan fingerprint density at radius 1 is 1.54 bits per heavy atom. The van der Waals surface area contributed by atoms with E-state index in [0.29, 0.717) is 5.56 Å². The van der Waals surface area contributed by atoms with Gasteiger partial charge in [-0.3, -0.25) is 4.79 Å². The highest BCUT2D eigenvalue weighted by Gasteiger charge is 2.08. The zero-order chi connectivity index (χ0) is 9.84. The summed E-state index contributed by atoms with van der Waals surface area (Å²) in [6.07, 6.45) is 0.0868. The van der Waals surface area contributed by atoms with Gasteiger partial charge in [0.15, 0.2) is 0 Å². The lowest BCUT2D eigenvalue weighted by Gasteiger charge is -2.09. The average molecular weight is 180 g/mol. The van der Waals surface area contributed by atoms with Gasteiger partial charge in [-0.05, 0) is 17.7 Å². The Kier molecular flexibility index (Phi) is 2.87. The molecular weight excluding hydrogens is 168 g/mol. The van der Waals surface area contributed by atoms with Crippen LogP contribution in [0.3, 0.4) is 0 Å². The molecule has 0 heterocycles. The fraction of sp³-hybridized carbons (Fsp3) is 0.222. The molecule has 0 spiro atoms. The van der Waals surface area contributed by atoms with Gasteiger partial charge in [0.25, 0.3) is 0 Å². The van der Waals surface area contributed by atoms with Gasteiger partial charge in [-0.15, -0.1) is 0 Å². The predicted molar refractivity (Wildman–Crippen MR) is 48.8 cm³/mol. The van der Waals surface area contributed by atoms with E-state index in [1.807, 2.05) is 0 Å². The van der Waals surface area contributed by atoms with Crippen LogP contribution < -0.4 is 11.5 Å². The molecule has 0 radical (unpaired) electrons. The Morgan fingerprint density at radius 3 is 2.77 bits per heavy atom. The second-order valence-electron chi connectivity index (χ2n) is 2.87. The molecule has 1 aromatic rings. The van der Waals surface area contributed by atoms with Gasteiger partial charge >= 0.3 is 0 Å². The Bertz CT molecular complexity index is 312. The molecule has 1 aromatic carbocycles. The van der Waals surface area contributed by atoms with Crippen LogP contribution in [0.25, 0.3) is 0 Å². The quantitative estimate of drug-likeness (QED) is 0.623. The van der Waals surface area contributed by atoms with Crippen LogP contribution in [0.15, 0.2) is 24.3 Å². The van der Waals surface area contributed by atoms with Gasteiger partial charge in [-0.25, -0.2) is 0 Å². The Balaban J connectivity index is 2.76. The van der Waals surface area contributed by atoms with Crippen LogP contribution in [0.5, 0.6) is 5.75 Å². The summed E-state index contributed by atoms with van der Waals surface area (Å²) in [5.74, 6) is -0.312. The largest absolute Gasteiger partial charge is 0.508 e. The van der Waals surface area contributed by atoms with Crippen LogP contribution in [0.1, 0.15) is 18.0 Å². The van der Waals surface area contributed by atoms with Crippen molar-refractivity contribution in [3.05, 3.63) is 29.8 Å². The van der Waals surface area contributed by atoms with Crippen LogP contribution in [-0.2, 0) is 4.79 Å². The molecule has 13 heavy (non-hydrogen) atoms. The van der Waals surface area contributed by atoms with Gasteiger partial charge in [0.05, 0.1) is 0 Å². The lowest BCUT2D eigenvalue weighted by molar-refractivity contribution is -0.118. The van der Waals surface area contributed by atoms with Crippen molar-refractivity contribution in [2.45, 2.75) is 12.5 Å².